The van der Waals surface area contributed by atoms with E-state index in [1.54, 1.807) is 0 Å². The Morgan fingerprint density at radius 1 is 1.28 bits per heavy atom. The van der Waals surface area contributed by atoms with Gasteiger partial charge in [0.05, 0.1) is 23.7 Å². The van der Waals surface area contributed by atoms with Gasteiger partial charge in [0, 0.05) is 17.7 Å². The third-order valence-electron chi connectivity index (χ3n) is 5.56. The van der Waals surface area contributed by atoms with Crippen molar-refractivity contribution in [2.75, 3.05) is 12.4 Å². The molecule has 4 rings (SSSR count). The summed E-state index contributed by atoms with van der Waals surface area (Å²) in [5.74, 6) is 0.407. The molecular weight excluding hydrogens is 423 g/mol. The maximum Gasteiger partial charge on any atom is 0.416 e. The van der Waals surface area contributed by atoms with Crippen LogP contribution in [0, 0.1) is 5.92 Å². The van der Waals surface area contributed by atoms with Gasteiger partial charge in [-0.3, -0.25) is 4.79 Å². The number of methoxy groups -OCH3 is 1. The number of alkyl halides is 3. The maximum absolute atomic E-state index is 13.2. The van der Waals surface area contributed by atoms with E-state index in [0.29, 0.717) is 36.1 Å². The molecule has 0 aliphatic heterocycles. The Kier molecular flexibility index (Phi) is 5.70. The quantitative estimate of drug-likeness (QED) is 0.541. The summed E-state index contributed by atoms with van der Waals surface area (Å²) >= 11 is 0. The molecule has 1 aliphatic rings. The molecule has 1 aliphatic carbocycles. The maximum atomic E-state index is 13.2. The minimum atomic E-state index is -4.49. The lowest BCUT2D eigenvalue weighted by atomic mass is 9.86. The molecule has 10 heteroatoms. The molecule has 0 spiro atoms. The van der Waals surface area contributed by atoms with Gasteiger partial charge in [-0.05, 0) is 56.9 Å². The molecule has 32 heavy (non-hydrogen) atoms. The number of halogens is 3. The normalized spacial score (nSPS) is 16.2. The smallest absolute Gasteiger partial charge is 0.416 e. The van der Waals surface area contributed by atoms with Crippen molar-refractivity contribution >= 4 is 28.4 Å². The first-order valence-corrected chi connectivity index (χ1v) is 10.3. The number of carbonyl (C=O) groups is 1. The number of ether oxygens (including phenoxy) is 1. The topological polar surface area (TPSA) is 91.9 Å². The number of aromatic nitrogens is 3. The van der Waals surface area contributed by atoms with E-state index in [2.05, 4.69) is 25.6 Å². The number of nitrogens with one attached hydrogen (secondary N) is 3. The van der Waals surface area contributed by atoms with Crippen molar-refractivity contribution in [1.82, 2.24) is 20.3 Å². The van der Waals surface area contributed by atoms with Gasteiger partial charge in [-0.15, -0.1) is 0 Å². The fraction of sp³-hybridized carbons (Fsp3) is 0.409. The van der Waals surface area contributed by atoms with Crippen molar-refractivity contribution in [2.45, 2.75) is 45.3 Å². The van der Waals surface area contributed by atoms with Crippen molar-refractivity contribution in [2.24, 2.45) is 5.92 Å². The molecule has 0 unspecified atom stereocenters. The van der Waals surface area contributed by atoms with Gasteiger partial charge in [-0.1, -0.05) is 0 Å². The number of hydrogen-bond donors (Lipinski definition) is 3. The number of amides is 1. The molecule has 7 nitrogen and oxygen atoms in total. The lowest BCUT2D eigenvalue weighted by Gasteiger charge is -2.23. The van der Waals surface area contributed by atoms with Gasteiger partial charge in [-0.2, -0.15) is 13.2 Å². The molecule has 0 fully saturated rings. The first kappa shape index (κ1) is 21.9. The average molecular weight is 447 g/mol. The van der Waals surface area contributed by atoms with Gasteiger partial charge >= 0.3 is 6.18 Å². The largest absolute Gasteiger partial charge is 0.495 e. The Hall–Kier alpha value is -3.30. The predicted molar refractivity (Wildman–Crippen MR) is 114 cm³/mol. The minimum absolute atomic E-state index is 0.00842. The number of aryl methyl sites for hydroxylation is 1. The second-order valence-corrected chi connectivity index (χ2v) is 8.17. The zero-order chi connectivity index (χ0) is 23.0. The summed E-state index contributed by atoms with van der Waals surface area (Å²) in [5, 5.41) is 6.62. The summed E-state index contributed by atoms with van der Waals surface area (Å²) in [6, 6.07) is 3.27. The third-order valence-corrected chi connectivity index (χ3v) is 5.56. The molecule has 0 bridgehead atoms. The number of anilines is 2. The highest BCUT2D eigenvalue weighted by Gasteiger charge is 2.32. The molecule has 0 saturated heterocycles. The van der Waals surface area contributed by atoms with E-state index in [9.17, 15) is 18.0 Å². The second kappa shape index (κ2) is 8.33. The Labute approximate surface area is 182 Å². The zero-order valence-electron chi connectivity index (χ0n) is 17.9. The van der Waals surface area contributed by atoms with E-state index in [0.717, 1.165) is 23.4 Å². The third kappa shape index (κ3) is 4.21. The van der Waals surface area contributed by atoms with Crippen LogP contribution in [0.4, 0.5) is 24.7 Å². The van der Waals surface area contributed by atoms with Crippen LogP contribution in [0.2, 0.25) is 0 Å². The van der Waals surface area contributed by atoms with Crippen LogP contribution in [-0.2, 0) is 23.8 Å². The van der Waals surface area contributed by atoms with Crippen molar-refractivity contribution < 1.29 is 22.7 Å². The number of nitrogens with zero attached hydrogens (tertiary/aromatic N) is 2. The average Bonchev–Trinajstić information content (AvgIpc) is 3.11. The molecule has 1 atom stereocenters. The molecular formula is C22H24F3N5O2. The number of aromatic amines is 1. The molecule has 3 aromatic rings. The van der Waals surface area contributed by atoms with E-state index >= 15 is 0 Å². The number of fused-ring (bicyclic) bond motifs is 3. The molecule has 0 saturated carbocycles. The number of rotatable bonds is 5. The zero-order valence-corrected chi connectivity index (χ0v) is 17.9. The summed E-state index contributed by atoms with van der Waals surface area (Å²) in [4.78, 5) is 24.4. The van der Waals surface area contributed by atoms with Gasteiger partial charge in [0.25, 0.3) is 0 Å². The summed E-state index contributed by atoms with van der Waals surface area (Å²) in [7, 11) is 1.39. The highest BCUT2D eigenvalue weighted by molar-refractivity contribution is 5.94. The van der Waals surface area contributed by atoms with Crippen LogP contribution >= 0.6 is 0 Å². The van der Waals surface area contributed by atoms with Gasteiger partial charge in [0.15, 0.2) is 0 Å². The van der Waals surface area contributed by atoms with Crippen molar-refractivity contribution in [3.63, 3.8) is 0 Å². The lowest BCUT2D eigenvalue weighted by molar-refractivity contribution is -0.137. The van der Waals surface area contributed by atoms with E-state index in [4.69, 9.17) is 4.74 Å². The summed E-state index contributed by atoms with van der Waals surface area (Å²) in [6.07, 6.45) is -1.27. The molecule has 1 aromatic carbocycles. The Morgan fingerprint density at radius 2 is 2.06 bits per heavy atom. The number of benzene rings is 1. The van der Waals surface area contributed by atoms with E-state index in [1.165, 1.54) is 19.5 Å². The first-order valence-electron chi connectivity index (χ1n) is 10.3. The molecule has 0 radical (unpaired) electrons. The van der Waals surface area contributed by atoms with Gasteiger partial charge in [0.1, 0.15) is 23.5 Å². The Bertz CT molecular complexity index is 1160. The number of H-pyrrole nitrogens is 1. The van der Waals surface area contributed by atoms with Crippen LogP contribution in [0.5, 0.6) is 5.75 Å². The summed E-state index contributed by atoms with van der Waals surface area (Å²) in [5.41, 5.74) is 1.79. The van der Waals surface area contributed by atoms with Crippen molar-refractivity contribution in [3.8, 4) is 5.75 Å². The Balaban J connectivity index is 1.73. The van der Waals surface area contributed by atoms with E-state index in [1.807, 2.05) is 13.8 Å². The SMILES string of the molecule is COc1ccc(C(F)(F)F)cc1Nc1ncnc2[nH]c3c(c12)C[C@@H](C(=O)NC(C)C)CC3. The van der Waals surface area contributed by atoms with E-state index in [-0.39, 0.29) is 29.3 Å². The monoisotopic (exact) mass is 447 g/mol. The second-order valence-electron chi connectivity index (χ2n) is 8.17. The van der Waals surface area contributed by atoms with Gasteiger partial charge in [-0.25, -0.2) is 9.97 Å². The Morgan fingerprint density at radius 3 is 2.75 bits per heavy atom. The standard InChI is InChI=1S/C22H24F3N5O2/c1-11(2)28-21(31)12-4-6-15-14(8-12)18-19(29-15)26-10-27-20(18)30-16-9-13(22(23,24)25)5-7-17(16)32-3/h5,7,9-12H,4,6,8H2,1-3H3,(H,28,31)(H2,26,27,29,30)/t12-/m0/s1. The van der Waals surface area contributed by atoms with Gasteiger partial charge < -0.3 is 20.4 Å². The van der Waals surface area contributed by atoms with Crippen LogP contribution < -0.4 is 15.4 Å². The summed E-state index contributed by atoms with van der Waals surface area (Å²) < 4.78 is 45.0. The highest BCUT2D eigenvalue weighted by Crippen LogP contribution is 2.39. The first-order chi connectivity index (χ1) is 15.2. The number of hydrogen-bond acceptors (Lipinski definition) is 5. The highest BCUT2D eigenvalue weighted by atomic mass is 19.4. The van der Waals surface area contributed by atoms with Crippen LogP contribution in [0.25, 0.3) is 11.0 Å². The minimum Gasteiger partial charge on any atom is -0.495 e. The van der Waals surface area contributed by atoms with Gasteiger partial charge in [0.2, 0.25) is 5.91 Å². The molecule has 2 heterocycles. The van der Waals surface area contributed by atoms with Crippen LogP contribution in [0.15, 0.2) is 24.5 Å². The van der Waals surface area contributed by atoms with Crippen molar-refractivity contribution in [1.29, 1.82) is 0 Å². The van der Waals surface area contributed by atoms with E-state index < -0.39 is 11.7 Å². The van der Waals surface area contributed by atoms with Crippen LogP contribution in [0.1, 0.15) is 37.1 Å². The lowest BCUT2D eigenvalue weighted by Crippen LogP contribution is -2.37. The van der Waals surface area contributed by atoms with Crippen molar-refractivity contribution in [3.05, 3.63) is 41.3 Å². The van der Waals surface area contributed by atoms with Crippen LogP contribution in [-0.4, -0.2) is 34.0 Å². The molecule has 2 aromatic heterocycles. The molecule has 3 N–H and O–H groups in total. The fourth-order valence-corrected chi connectivity index (χ4v) is 4.07. The predicted octanol–water partition coefficient (Wildman–Crippen LogP) is 4.36. The molecule has 170 valence electrons. The van der Waals surface area contributed by atoms with Crippen LogP contribution in [0.3, 0.4) is 0 Å². The molecule has 1 amide bonds. The summed E-state index contributed by atoms with van der Waals surface area (Å²) in [6.45, 7) is 3.83. The fourth-order valence-electron chi connectivity index (χ4n) is 4.07. The number of carbonyl (C=O) groups excluding carboxylic acids is 1.